The van der Waals surface area contributed by atoms with Crippen molar-refractivity contribution in [1.29, 1.82) is 0 Å². The molecular formula is C43H69N5O5. The lowest BCUT2D eigenvalue weighted by molar-refractivity contribution is -0.125. The van der Waals surface area contributed by atoms with E-state index in [2.05, 4.69) is 61.3 Å². The Kier molecular flexibility index (Phi) is 12.0. The molecule has 296 valence electrons. The van der Waals surface area contributed by atoms with E-state index in [1.807, 2.05) is 0 Å². The molecular weight excluding hydrogens is 667 g/mol. The average Bonchev–Trinajstić information content (AvgIpc) is 3.83. The number of aromatic amines is 1. The summed E-state index contributed by atoms with van der Waals surface area (Å²) in [6.07, 6.45) is 19.0. The van der Waals surface area contributed by atoms with E-state index in [1.165, 1.54) is 55.4 Å². The fourth-order valence-corrected chi connectivity index (χ4v) is 11.7. The molecule has 1 saturated heterocycles. The number of nitrogens with zero attached hydrogens (tertiary/aromatic N) is 2. The molecule has 4 aliphatic carbocycles. The van der Waals surface area contributed by atoms with Gasteiger partial charge in [-0.25, -0.2) is 14.6 Å². The number of ether oxygens (including phenoxy) is 2. The lowest BCUT2D eigenvalue weighted by atomic mass is 9.47. The monoisotopic (exact) mass is 736 g/mol. The number of alkyl carbamates (subject to hydrolysis) is 1. The van der Waals surface area contributed by atoms with Gasteiger partial charge in [0.25, 0.3) is 0 Å². The first-order chi connectivity index (χ1) is 25.1. The molecule has 3 saturated carbocycles. The molecule has 2 heterocycles. The predicted octanol–water partition coefficient (Wildman–Crippen LogP) is 8.58. The largest absolute Gasteiger partial charge is 0.446 e. The molecule has 1 aromatic rings. The average molecular weight is 736 g/mol. The molecule has 10 nitrogen and oxygen atoms in total. The molecule has 3 N–H and O–H groups in total. The van der Waals surface area contributed by atoms with Crippen LogP contribution in [0.4, 0.5) is 9.59 Å². The first kappa shape index (κ1) is 39.6. The molecule has 0 spiro atoms. The van der Waals surface area contributed by atoms with Gasteiger partial charge in [0, 0.05) is 37.8 Å². The number of rotatable bonds is 11. The Bertz CT molecular complexity index is 1470. The summed E-state index contributed by atoms with van der Waals surface area (Å²) in [5.74, 6) is 4.50. The molecule has 10 atom stereocenters. The number of carbonyl (C=O) groups excluding carboxylic acids is 3. The topological polar surface area (TPSA) is 126 Å². The lowest BCUT2D eigenvalue weighted by Crippen LogP contribution is -2.51. The summed E-state index contributed by atoms with van der Waals surface area (Å²) in [6.45, 7) is 18.4. The molecule has 4 fully saturated rings. The van der Waals surface area contributed by atoms with Crippen molar-refractivity contribution in [3.05, 3.63) is 29.9 Å². The highest BCUT2D eigenvalue weighted by Crippen LogP contribution is 2.67. The zero-order valence-electron chi connectivity index (χ0n) is 34.0. The van der Waals surface area contributed by atoms with Crippen molar-refractivity contribution in [3.8, 4) is 0 Å². The molecule has 53 heavy (non-hydrogen) atoms. The van der Waals surface area contributed by atoms with Gasteiger partial charge in [-0.2, -0.15) is 0 Å². The van der Waals surface area contributed by atoms with Crippen LogP contribution in [-0.2, 0) is 20.7 Å². The number of allylic oxidation sites excluding steroid dienone is 1. The summed E-state index contributed by atoms with van der Waals surface area (Å²) < 4.78 is 11.7. The number of amides is 3. The van der Waals surface area contributed by atoms with Crippen LogP contribution in [0.25, 0.3) is 0 Å². The summed E-state index contributed by atoms with van der Waals surface area (Å²) in [6, 6.07) is -1.18. The van der Waals surface area contributed by atoms with E-state index < -0.39 is 29.9 Å². The summed E-state index contributed by atoms with van der Waals surface area (Å²) in [5.41, 5.74) is 2.34. The Labute approximate surface area is 318 Å². The standard InChI is InChI=1S/C43H69N5O5/c1-27(2)10-9-11-28(3)34-14-15-35-33-13-12-29-22-32(16-19-42(29,7)36(33)17-20-43(34,35)8)52-39(50)47-31-23-37(48(25-31)40(51)53-41(4,5)6)38(49)45-21-18-30-24-44-26-46-30/h12,24,26-28,31-37H,9-11,13-23,25H2,1-8H3,(H,44,46)(H,45,49)(H,47,50)/t28-,31+,32?,33?,34-,35?,36?,37+,42+,43-/m1/s1. The van der Waals surface area contributed by atoms with Crippen LogP contribution in [0.5, 0.6) is 0 Å². The van der Waals surface area contributed by atoms with Crippen molar-refractivity contribution >= 4 is 18.1 Å². The van der Waals surface area contributed by atoms with Gasteiger partial charge in [0.15, 0.2) is 0 Å². The second-order valence-corrected chi connectivity index (χ2v) is 19.4. The van der Waals surface area contributed by atoms with Crippen molar-refractivity contribution in [2.24, 2.45) is 46.3 Å². The zero-order valence-corrected chi connectivity index (χ0v) is 34.0. The quantitative estimate of drug-likeness (QED) is 0.196. The van der Waals surface area contributed by atoms with Gasteiger partial charge in [0.1, 0.15) is 17.7 Å². The lowest BCUT2D eigenvalue weighted by Gasteiger charge is -2.58. The SMILES string of the molecule is CC(C)CCC[C@@H](C)[C@H]1CCC2C3CC=C4CC(OC(=O)N[C@H]5C[C@@H](C(=O)NCCc6cnc[nH]6)N(C(=O)OC(C)(C)C)C5)CC[C@]4(C)C3CC[C@@]21C. The Morgan fingerprint density at radius 3 is 2.57 bits per heavy atom. The van der Waals surface area contributed by atoms with Crippen LogP contribution in [0.15, 0.2) is 24.2 Å². The number of H-pyrrole nitrogens is 1. The predicted molar refractivity (Wildman–Crippen MR) is 207 cm³/mol. The van der Waals surface area contributed by atoms with Crippen LogP contribution in [0, 0.1) is 46.3 Å². The van der Waals surface area contributed by atoms with E-state index in [4.69, 9.17) is 9.47 Å². The number of aromatic nitrogens is 2. The third-order valence-corrected chi connectivity index (χ3v) is 14.3. The van der Waals surface area contributed by atoms with Gasteiger partial charge in [0.2, 0.25) is 5.91 Å². The molecule has 5 aliphatic rings. The summed E-state index contributed by atoms with van der Waals surface area (Å²) in [4.78, 5) is 48.4. The molecule has 6 rings (SSSR count). The first-order valence-corrected chi connectivity index (χ1v) is 21.0. The number of likely N-dealkylation sites (tertiary alicyclic amines) is 1. The van der Waals surface area contributed by atoms with Crippen LogP contribution in [-0.4, -0.2) is 69.8 Å². The maximum absolute atomic E-state index is 13.4. The number of nitrogens with one attached hydrogen (secondary N) is 3. The van der Waals surface area contributed by atoms with E-state index in [-0.39, 0.29) is 24.0 Å². The van der Waals surface area contributed by atoms with Crippen molar-refractivity contribution < 1.29 is 23.9 Å². The number of imidazole rings is 1. The number of hydrogen-bond acceptors (Lipinski definition) is 6. The van der Waals surface area contributed by atoms with Crippen LogP contribution >= 0.6 is 0 Å². The molecule has 1 aromatic heterocycles. The number of fused-ring (bicyclic) bond motifs is 5. The van der Waals surface area contributed by atoms with Crippen molar-refractivity contribution in [2.45, 2.75) is 163 Å². The van der Waals surface area contributed by atoms with Gasteiger partial charge < -0.3 is 25.1 Å². The van der Waals surface area contributed by atoms with Crippen LogP contribution < -0.4 is 10.6 Å². The molecule has 1 aliphatic heterocycles. The minimum absolute atomic E-state index is 0.174. The van der Waals surface area contributed by atoms with Gasteiger partial charge in [-0.15, -0.1) is 0 Å². The smallest absolute Gasteiger partial charge is 0.411 e. The maximum Gasteiger partial charge on any atom is 0.411 e. The Hall–Kier alpha value is -3.04. The normalized spacial score (nSPS) is 34.4. The summed E-state index contributed by atoms with van der Waals surface area (Å²) in [5, 5.41) is 5.95. The third-order valence-electron chi connectivity index (χ3n) is 14.3. The minimum atomic E-state index is -0.756. The van der Waals surface area contributed by atoms with Gasteiger partial charge in [-0.05, 0) is 118 Å². The molecule has 4 unspecified atom stereocenters. The maximum atomic E-state index is 13.4. The van der Waals surface area contributed by atoms with E-state index >= 15 is 0 Å². The van der Waals surface area contributed by atoms with Gasteiger partial charge in [0.05, 0.1) is 12.4 Å². The fourth-order valence-electron chi connectivity index (χ4n) is 11.7. The van der Waals surface area contributed by atoms with Crippen LogP contribution in [0.1, 0.15) is 138 Å². The van der Waals surface area contributed by atoms with E-state index in [0.717, 1.165) is 61.0 Å². The molecule has 10 heteroatoms. The Balaban J connectivity index is 1.03. The second kappa shape index (κ2) is 16.0. The van der Waals surface area contributed by atoms with Crippen LogP contribution in [0.2, 0.25) is 0 Å². The molecule has 3 amide bonds. The highest BCUT2D eigenvalue weighted by molar-refractivity contribution is 5.86. The van der Waals surface area contributed by atoms with Crippen LogP contribution in [0.3, 0.4) is 0 Å². The van der Waals surface area contributed by atoms with E-state index in [1.54, 1.807) is 33.3 Å². The Morgan fingerprint density at radius 2 is 1.85 bits per heavy atom. The third kappa shape index (κ3) is 8.77. The fraction of sp³-hybridized carbons (Fsp3) is 0.814. The Morgan fingerprint density at radius 1 is 1.06 bits per heavy atom. The van der Waals surface area contributed by atoms with Gasteiger partial charge >= 0.3 is 12.2 Å². The van der Waals surface area contributed by atoms with E-state index in [0.29, 0.717) is 30.7 Å². The van der Waals surface area contributed by atoms with Gasteiger partial charge in [-0.3, -0.25) is 9.69 Å². The molecule has 0 radical (unpaired) electrons. The highest BCUT2D eigenvalue weighted by atomic mass is 16.6. The van der Waals surface area contributed by atoms with E-state index in [9.17, 15) is 14.4 Å². The minimum Gasteiger partial charge on any atom is -0.446 e. The zero-order chi connectivity index (χ0) is 38.1. The van der Waals surface area contributed by atoms with Crippen molar-refractivity contribution in [3.63, 3.8) is 0 Å². The molecule has 0 bridgehead atoms. The van der Waals surface area contributed by atoms with Gasteiger partial charge in [-0.1, -0.05) is 65.5 Å². The molecule has 0 aromatic carbocycles. The summed E-state index contributed by atoms with van der Waals surface area (Å²) >= 11 is 0. The number of hydrogen-bond donors (Lipinski definition) is 3. The highest BCUT2D eigenvalue weighted by Gasteiger charge is 2.59. The second-order valence-electron chi connectivity index (χ2n) is 19.4. The van der Waals surface area contributed by atoms with Crippen molar-refractivity contribution in [2.75, 3.05) is 13.1 Å². The summed E-state index contributed by atoms with van der Waals surface area (Å²) in [7, 11) is 0. The number of carbonyl (C=O) groups is 3. The first-order valence-electron chi connectivity index (χ1n) is 21.0. The van der Waals surface area contributed by atoms with Crippen molar-refractivity contribution in [1.82, 2.24) is 25.5 Å².